The molecule has 0 aromatic carbocycles. The summed E-state index contributed by atoms with van der Waals surface area (Å²) < 4.78 is 0. The lowest BCUT2D eigenvalue weighted by Crippen LogP contribution is -2.44. The van der Waals surface area contributed by atoms with Crippen molar-refractivity contribution in [2.24, 2.45) is 0 Å². The molecule has 1 atom stereocenters. The van der Waals surface area contributed by atoms with Crippen molar-refractivity contribution in [3.05, 3.63) is 29.6 Å². The first-order chi connectivity index (χ1) is 16.3. The second-order valence-corrected chi connectivity index (χ2v) is 7.55. The molecule has 1 aliphatic heterocycles. The van der Waals surface area contributed by atoms with Gasteiger partial charge in [0.15, 0.2) is 0 Å². The van der Waals surface area contributed by atoms with E-state index in [1.165, 1.54) is 0 Å². The smallest absolute Gasteiger partial charge is 0.317 e. The molecule has 2 bridgehead atoms. The highest BCUT2D eigenvalue weighted by Crippen LogP contribution is 2.14. The van der Waals surface area contributed by atoms with Crippen LogP contribution in [0.15, 0.2) is 18.2 Å². The Bertz CT molecular complexity index is 749. The largest absolute Gasteiger partial charge is 0.483 e. The zero-order valence-corrected chi connectivity index (χ0v) is 19.7. The van der Waals surface area contributed by atoms with Gasteiger partial charge in [0.2, 0.25) is 0 Å². The minimum absolute atomic E-state index is 0.0257. The number of carboxylic acid groups (broad SMARTS) is 3. The minimum atomic E-state index is -0.892. The van der Waals surface area contributed by atoms with Gasteiger partial charge in [-0.1, -0.05) is 6.07 Å². The van der Waals surface area contributed by atoms with Gasteiger partial charge in [0.1, 0.15) is 6.29 Å². The second-order valence-electron chi connectivity index (χ2n) is 7.55. The summed E-state index contributed by atoms with van der Waals surface area (Å²) in [5, 5.41) is 32.1. The van der Waals surface area contributed by atoms with Gasteiger partial charge in [-0.05, 0) is 25.5 Å². The Morgan fingerprint density at radius 2 is 1.56 bits per heavy atom. The fourth-order valence-electron chi connectivity index (χ4n) is 3.47. The number of aliphatic hydroxyl groups excluding tert-OH is 1. The number of hydrogen-bond acceptors (Lipinski definition) is 9. The third-order valence-electron chi connectivity index (χ3n) is 5.14. The Morgan fingerprint density at radius 1 is 1.00 bits per heavy atom. The van der Waals surface area contributed by atoms with E-state index in [0.717, 1.165) is 24.8 Å². The second kappa shape index (κ2) is 18.5. The van der Waals surface area contributed by atoms with Crippen molar-refractivity contribution in [2.75, 3.05) is 46.4 Å². The Balaban J connectivity index is 0.00000201. The molecule has 0 saturated carbocycles. The summed E-state index contributed by atoms with van der Waals surface area (Å²) in [7, 11) is 1.00. The highest BCUT2D eigenvalue weighted by atomic mass is 16.4. The van der Waals surface area contributed by atoms with E-state index in [1.807, 2.05) is 34.9 Å². The molecule has 1 aliphatic rings. The van der Waals surface area contributed by atoms with Gasteiger partial charge in [0.25, 0.3) is 6.47 Å². The Kier molecular flexibility index (Phi) is 16.9. The maximum Gasteiger partial charge on any atom is 0.317 e. The third-order valence-corrected chi connectivity index (χ3v) is 5.14. The van der Waals surface area contributed by atoms with Crippen LogP contribution in [0.1, 0.15) is 31.2 Å². The van der Waals surface area contributed by atoms with E-state index in [2.05, 4.69) is 4.90 Å². The lowest BCUT2D eigenvalue weighted by molar-refractivity contribution is -0.139. The molecule has 0 spiro atoms. The number of aliphatic carboxylic acids is 2. The summed E-state index contributed by atoms with van der Waals surface area (Å²) in [4.78, 5) is 52.3. The molecule has 12 nitrogen and oxygen atoms in total. The van der Waals surface area contributed by atoms with E-state index in [1.54, 1.807) is 0 Å². The fraction of sp³-hybridized carbons (Fsp3) is 0.591. The minimum Gasteiger partial charge on any atom is -0.483 e. The van der Waals surface area contributed by atoms with Gasteiger partial charge < -0.3 is 25.2 Å². The molecule has 1 unspecified atom stereocenters. The van der Waals surface area contributed by atoms with Crippen LogP contribution in [-0.4, -0.2) is 117 Å². The van der Waals surface area contributed by atoms with Gasteiger partial charge in [-0.2, -0.15) is 0 Å². The van der Waals surface area contributed by atoms with Gasteiger partial charge in [0, 0.05) is 58.8 Å². The number of aliphatic hydroxyl groups is 1. The zero-order chi connectivity index (χ0) is 25.9. The number of carbonyl (C=O) groups is 4. The van der Waals surface area contributed by atoms with E-state index in [4.69, 9.17) is 25.1 Å². The number of aldehydes is 1. The van der Waals surface area contributed by atoms with Crippen molar-refractivity contribution < 1.29 is 39.6 Å². The van der Waals surface area contributed by atoms with E-state index >= 15 is 0 Å². The van der Waals surface area contributed by atoms with Crippen molar-refractivity contribution in [1.29, 1.82) is 0 Å². The maximum absolute atomic E-state index is 11.3. The highest BCUT2D eigenvalue weighted by Gasteiger charge is 2.20. The monoisotopic (exact) mass is 484 g/mol. The van der Waals surface area contributed by atoms with Crippen LogP contribution in [0.3, 0.4) is 0 Å². The molecule has 0 fully saturated rings. The summed E-state index contributed by atoms with van der Waals surface area (Å²) in [6, 6.07) is 5.82. The van der Waals surface area contributed by atoms with Crippen LogP contribution in [0.4, 0.5) is 0 Å². The van der Waals surface area contributed by atoms with Crippen LogP contribution in [-0.2, 0) is 32.3 Å². The summed E-state index contributed by atoms with van der Waals surface area (Å²) in [6.07, 6.45) is 1.45. The normalized spacial score (nSPS) is 16.2. The van der Waals surface area contributed by atoms with E-state index < -0.39 is 11.9 Å². The number of aromatic nitrogens is 1. The molecule has 12 heteroatoms. The molecule has 2 rings (SSSR count). The van der Waals surface area contributed by atoms with Crippen LogP contribution < -0.4 is 0 Å². The Hall–Kier alpha value is -2.93. The third kappa shape index (κ3) is 13.6. The molecule has 0 amide bonds. The van der Waals surface area contributed by atoms with E-state index in [0.29, 0.717) is 45.7 Å². The summed E-state index contributed by atoms with van der Waals surface area (Å²) >= 11 is 0. The molecular formula is C22H36N4O8. The lowest BCUT2D eigenvalue weighted by Gasteiger charge is -2.33. The lowest BCUT2D eigenvalue weighted by atomic mass is 10.1. The first-order valence-electron chi connectivity index (χ1n) is 10.8. The Morgan fingerprint density at radius 3 is 2.12 bits per heavy atom. The van der Waals surface area contributed by atoms with Crippen LogP contribution in [0, 0.1) is 0 Å². The van der Waals surface area contributed by atoms with Crippen molar-refractivity contribution >= 4 is 24.7 Å². The van der Waals surface area contributed by atoms with Crippen LogP contribution in [0.2, 0.25) is 0 Å². The number of carbonyl (C=O) groups excluding carboxylic acids is 1. The molecule has 0 aliphatic carbocycles. The fourth-order valence-corrected chi connectivity index (χ4v) is 3.47. The van der Waals surface area contributed by atoms with E-state index in [-0.39, 0.29) is 32.0 Å². The number of fused-ring (bicyclic) bond motifs is 2. The van der Waals surface area contributed by atoms with Crippen molar-refractivity contribution in [3.8, 4) is 0 Å². The highest BCUT2D eigenvalue weighted by molar-refractivity contribution is 5.69. The van der Waals surface area contributed by atoms with Gasteiger partial charge >= 0.3 is 11.9 Å². The predicted molar refractivity (Wildman–Crippen MR) is 123 cm³/mol. The molecule has 4 N–H and O–H groups in total. The van der Waals surface area contributed by atoms with E-state index in [9.17, 15) is 19.5 Å². The molecule has 0 radical (unpaired) electrons. The number of pyridine rings is 1. The standard InChI is InChI=1S/C20H30N4O5.CH2O2.CH4O/c1-16(5-6-19(26)27)24-10-9-22(15-20(28)29)7-8-23(11-12-25)13-17-3-2-4-18(14-24)21-17;2-1-3;1-2/h2-4,12,16H,5-11,13-15H2,1H3,(H,26,27)(H,28,29);1H,(H,2,3);2H,1H3. The van der Waals surface area contributed by atoms with Gasteiger partial charge in [-0.15, -0.1) is 0 Å². The topological polar surface area (TPSA) is 172 Å². The number of carboxylic acids is 2. The van der Waals surface area contributed by atoms with Gasteiger partial charge in [-0.25, -0.2) is 0 Å². The molecule has 34 heavy (non-hydrogen) atoms. The average Bonchev–Trinajstić information content (AvgIpc) is 2.79. The quantitative estimate of drug-likeness (QED) is 0.360. The molecule has 1 aromatic rings. The molecule has 2 heterocycles. The Labute approximate surface area is 199 Å². The summed E-state index contributed by atoms with van der Waals surface area (Å²) in [5.74, 6) is -1.72. The summed E-state index contributed by atoms with van der Waals surface area (Å²) in [6.45, 7) is 5.24. The summed E-state index contributed by atoms with van der Waals surface area (Å²) in [5.41, 5.74) is 1.73. The van der Waals surface area contributed by atoms with Crippen molar-refractivity contribution in [3.63, 3.8) is 0 Å². The number of rotatable bonds is 8. The number of hydrogen-bond donors (Lipinski definition) is 4. The zero-order valence-electron chi connectivity index (χ0n) is 19.7. The first-order valence-corrected chi connectivity index (χ1v) is 10.8. The molecule has 192 valence electrons. The maximum atomic E-state index is 11.3. The van der Waals surface area contributed by atoms with Gasteiger partial charge in [0.05, 0.1) is 24.5 Å². The van der Waals surface area contributed by atoms with Crippen molar-refractivity contribution in [2.45, 2.75) is 38.9 Å². The average molecular weight is 485 g/mol. The molecular weight excluding hydrogens is 448 g/mol. The van der Waals surface area contributed by atoms with Gasteiger partial charge in [-0.3, -0.25) is 34.1 Å². The predicted octanol–water partition coefficient (Wildman–Crippen LogP) is -0.153. The number of nitrogens with zero attached hydrogens (tertiary/aromatic N) is 4. The van der Waals surface area contributed by atoms with Crippen LogP contribution >= 0.6 is 0 Å². The first kappa shape index (κ1) is 31.1. The molecule has 0 saturated heterocycles. The van der Waals surface area contributed by atoms with Crippen LogP contribution in [0.5, 0.6) is 0 Å². The van der Waals surface area contributed by atoms with Crippen LogP contribution in [0.25, 0.3) is 0 Å². The SMILES string of the molecule is CC(CCC(=O)O)N1CCN(CC(=O)O)CCN(CC=O)Cc2cccc(n2)C1.CO.O=CO. The van der Waals surface area contributed by atoms with Crippen molar-refractivity contribution in [1.82, 2.24) is 19.7 Å². The molecule has 1 aromatic heterocycles.